The number of benzene rings is 2. The molecule has 0 radical (unpaired) electrons. The Morgan fingerprint density at radius 2 is 1.84 bits per heavy atom. The van der Waals surface area contributed by atoms with Gasteiger partial charge in [-0.15, -0.1) is 0 Å². The zero-order chi connectivity index (χ0) is 29.6. The Hall–Kier alpha value is -3.41. The van der Waals surface area contributed by atoms with Crippen LogP contribution in [-0.4, -0.2) is 56.3 Å². The van der Waals surface area contributed by atoms with Crippen LogP contribution in [0.1, 0.15) is 78.9 Å². The minimum atomic E-state index is -0.961. The number of carbonyl (C=O) groups excluding carboxylic acids is 3. The first-order valence-electron chi connectivity index (χ1n) is 14.7. The number of halogens is 1. The number of piperidine rings is 1. The number of ether oxygens (including phenoxy) is 1. The van der Waals surface area contributed by atoms with Crippen molar-refractivity contribution in [1.82, 2.24) is 19.4 Å². The first-order valence-corrected chi connectivity index (χ1v) is 14.7. The van der Waals surface area contributed by atoms with E-state index in [1.165, 1.54) is 16.5 Å². The van der Waals surface area contributed by atoms with Gasteiger partial charge in [-0.25, -0.2) is 20.5 Å². The summed E-state index contributed by atoms with van der Waals surface area (Å²) in [5, 5.41) is 0. The fourth-order valence-corrected chi connectivity index (χ4v) is 6.37. The topological polar surface area (TPSA) is 84.7 Å². The molecule has 8 nitrogen and oxygen atoms in total. The Bertz CT molecular complexity index is 1520. The predicted octanol–water partition coefficient (Wildman–Crippen LogP) is 2.64. The predicted molar refractivity (Wildman–Crippen MR) is 155 cm³/mol. The molecule has 1 saturated heterocycles. The van der Waals surface area contributed by atoms with E-state index in [2.05, 4.69) is 4.98 Å². The minimum absolute atomic E-state index is 0. The van der Waals surface area contributed by atoms with Gasteiger partial charge in [-0.3, -0.25) is 4.79 Å². The average Bonchev–Trinajstić information content (AvgIpc) is 3.66. The third-order valence-corrected chi connectivity index (χ3v) is 8.57. The number of imidazole rings is 1. The van der Waals surface area contributed by atoms with Crippen LogP contribution in [-0.2, 0) is 35.5 Å². The molecule has 3 aliphatic rings. The SMILES string of the molecule is CC(C)(C)OC(=O)N1CCC(Cc2ccc(-c3cc(F)c4c(c3)C(=O)N(C([C-]=O)c3ncn5c3CCC5)C4)cc2)CC1.[Li+]. The zero-order valence-electron chi connectivity index (χ0n) is 25.4. The van der Waals surface area contributed by atoms with Crippen molar-refractivity contribution in [2.45, 2.75) is 77.6 Å². The van der Waals surface area contributed by atoms with Crippen molar-refractivity contribution >= 4 is 18.3 Å². The van der Waals surface area contributed by atoms with Gasteiger partial charge in [0.25, 0.3) is 5.91 Å². The summed E-state index contributed by atoms with van der Waals surface area (Å²) in [6, 6.07) is 10.2. The van der Waals surface area contributed by atoms with E-state index in [-0.39, 0.29) is 43.0 Å². The van der Waals surface area contributed by atoms with Crippen molar-refractivity contribution in [1.29, 1.82) is 0 Å². The number of carbonyl (C=O) groups is 2. The molecule has 1 aromatic heterocycles. The number of amides is 2. The molecule has 0 N–H and O–H groups in total. The van der Waals surface area contributed by atoms with E-state index in [0.29, 0.717) is 35.8 Å². The molecular formula is C33H36FLiN4O4. The molecule has 10 heteroatoms. The first kappa shape index (κ1) is 31.0. The summed E-state index contributed by atoms with van der Waals surface area (Å²) >= 11 is 0. The summed E-state index contributed by atoms with van der Waals surface area (Å²) in [5.74, 6) is -0.373. The molecule has 1 fully saturated rings. The molecule has 0 saturated carbocycles. The number of nitrogens with zero attached hydrogens (tertiary/aromatic N) is 4. The molecule has 1 unspecified atom stereocenters. The summed E-state index contributed by atoms with van der Waals surface area (Å²) in [7, 11) is 0. The van der Waals surface area contributed by atoms with Gasteiger partial charge in [0.1, 0.15) is 11.4 Å². The zero-order valence-corrected chi connectivity index (χ0v) is 25.4. The van der Waals surface area contributed by atoms with Crippen LogP contribution in [0.2, 0.25) is 0 Å². The fraction of sp³-hybridized carbons (Fsp3) is 0.455. The van der Waals surface area contributed by atoms with Crippen molar-refractivity contribution < 1.29 is 42.4 Å². The Morgan fingerprint density at radius 3 is 2.51 bits per heavy atom. The van der Waals surface area contributed by atoms with Gasteiger partial charge < -0.3 is 23.9 Å². The first-order chi connectivity index (χ1) is 20.1. The number of aryl methyl sites for hydroxylation is 1. The second kappa shape index (κ2) is 12.3. The number of aromatic nitrogens is 2. The summed E-state index contributed by atoms with van der Waals surface area (Å²) in [6.07, 6.45) is 7.93. The van der Waals surface area contributed by atoms with Gasteiger partial charge in [-0.05, 0) is 93.7 Å². The maximum atomic E-state index is 15.3. The van der Waals surface area contributed by atoms with Crippen molar-refractivity contribution in [2.24, 2.45) is 5.92 Å². The van der Waals surface area contributed by atoms with E-state index in [9.17, 15) is 14.4 Å². The monoisotopic (exact) mass is 578 g/mol. The molecule has 3 aromatic rings. The summed E-state index contributed by atoms with van der Waals surface area (Å²) in [6.45, 7) is 7.84. The van der Waals surface area contributed by atoms with Gasteiger partial charge in [-0.1, -0.05) is 24.3 Å². The van der Waals surface area contributed by atoms with Crippen molar-refractivity contribution in [3.05, 3.63) is 76.6 Å². The fourth-order valence-electron chi connectivity index (χ4n) is 6.37. The van der Waals surface area contributed by atoms with Crippen LogP contribution in [0.15, 0.2) is 42.7 Å². The molecule has 2 aromatic carbocycles. The second-order valence-electron chi connectivity index (χ2n) is 12.6. The number of fused-ring (bicyclic) bond motifs is 2. The maximum absolute atomic E-state index is 15.3. The molecule has 0 bridgehead atoms. The summed E-state index contributed by atoms with van der Waals surface area (Å²) in [4.78, 5) is 45.4. The van der Waals surface area contributed by atoms with E-state index in [1.54, 1.807) is 17.3 Å². The van der Waals surface area contributed by atoms with E-state index < -0.39 is 17.5 Å². The van der Waals surface area contributed by atoms with E-state index in [0.717, 1.165) is 49.9 Å². The van der Waals surface area contributed by atoms with Gasteiger partial charge in [0.2, 0.25) is 0 Å². The quantitative estimate of drug-likeness (QED) is 0.332. The molecule has 1 atom stereocenters. The van der Waals surface area contributed by atoms with Crippen molar-refractivity contribution in [3.8, 4) is 11.1 Å². The van der Waals surface area contributed by atoms with Crippen LogP contribution >= 0.6 is 0 Å². The van der Waals surface area contributed by atoms with Crippen molar-refractivity contribution in [3.63, 3.8) is 0 Å². The molecule has 0 spiro atoms. The Morgan fingerprint density at radius 1 is 1.12 bits per heavy atom. The molecule has 6 rings (SSSR count). The molecule has 43 heavy (non-hydrogen) atoms. The maximum Gasteiger partial charge on any atom is 1.00 e. The third-order valence-electron chi connectivity index (χ3n) is 8.57. The van der Waals surface area contributed by atoms with Gasteiger partial charge in [0.05, 0.1) is 12.0 Å². The van der Waals surface area contributed by atoms with Gasteiger partial charge in [0.15, 0.2) is 0 Å². The van der Waals surface area contributed by atoms with Crippen LogP contribution in [0, 0.1) is 11.7 Å². The minimum Gasteiger partial charge on any atom is -0.539 e. The van der Waals surface area contributed by atoms with E-state index >= 15 is 4.39 Å². The standard InChI is InChI=1S/C33H36FN4O4.Li/c1-33(2,3)42-32(41)36-13-10-22(11-14-36)15-21-6-8-23(9-7-21)24-16-25-26(27(34)17-24)18-38(31(25)40)29(19-39)30-28-5-4-12-37(28)20-35-30;/h6-9,16-17,20,22,29H,4-5,10-15,18H2,1-3H3;/q-1;+1. The van der Waals surface area contributed by atoms with Gasteiger partial charge >= 0.3 is 25.0 Å². The number of hydrogen-bond acceptors (Lipinski definition) is 5. The smallest absolute Gasteiger partial charge is 0.539 e. The van der Waals surface area contributed by atoms with Crippen LogP contribution in [0.5, 0.6) is 0 Å². The Labute approximate surface area is 263 Å². The number of rotatable bonds is 6. The summed E-state index contributed by atoms with van der Waals surface area (Å²) < 4.78 is 22.8. The van der Waals surface area contributed by atoms with E-state index in [4.69, 9.17) is 4.74 Å². The molecular weight excluding hydrogens is 542 g/mol. The largest absolute Gasteiger partial charge is 1.00 e. The van der Waals surface area contributed by atoms with Crippen LogP contribution in [0.3, 0.4) is 0 Å². The average molecular weight is 579 g/mol. The van der Waals surface area contributed by atoms with Crippen LogP contribution in [0.4, 0.5) is 9.18 Å². The molecule has 220 valence electrons. The van der Waals surface area contributed by atoms with Gasteiger partial charge in [-0.2, -0.15) is 0 Å². The second-order valence-corrected chi connectivity index (χ2v) is 12.6. The van der Waals surface area contributed by atoms with Crippen LogP contribution in [0.25, 0.3) is 11.1 Å². The molecule has 3 aliphatic heterocycles. The summed E-state index contributed by atoms with van der Waals surface area (Å²) in [5.41, 5.74) is 4.18. The van der Waals surface area contributed by atoms with Gasteiger partial charge in [0, 0.05) is 43.0 Å². The van der Waals surface area contributed by atoms with Crippen molar-refractivity contribution in [2.75, 3.05) is 13.1 Å². The molecule has 4 heterocycles. The Balaban J connectivity index is 0.00000368. The number of likely N-dealkylation sites (tertiary alicyclic amines) is 1. The Kier molecular flexibility index (Phi) is 8.87. The van der Waals surface area contributed by atoms with E-state index in [1.807, 2.05) is 55.9 Å². The third kappa shape index (κ3) is 6.29. The molecule has 0 aliphatic carbocycles. The molecule has 2 amide bonds. The normalized spacial score (nSPS) is 17.3. The number of hydrogen-bond donors (Lipinski definition) is 0. The van der Waals surface area contributed by atoms with Crippen LogP contribution < -0.4 is 18.9 Å².